The topological polar surface area (TPSA) is 55.9 Å². The lowest BCUT2D eigenvalue weighted by Crippen LogP contribution is -2.29. The van der Waals surface area contributed by atoms with Crippen molar-refractivity contribution >= 4 is 0 Å². The summed E-state index contributed by atoms with van der Waals surface area (Å²) in [6.07, 6.45) is 5.54. The van der Waals surface area contributed by atoms with Gasteiger partial charge in [-0.25, -0.2) is 4.98 Å². The zero-order valence-electron chi connectivity index (χ0n) is 8.83. The van der Waals surface area contributed by atoms with E-state index in [2.05, 4.69) is 17.0 Å². The van der Waals surface area contributed by atoms with Gasteiger partial charge in [0, 0.05) is 13.2 Å². The van der Waals surface area contributed by atoms with Crippen LogP contribution in [0.25, 0.3) is 0 Å². The van der Waals surface area contributed by atoms with Gasteiger partial charge in [0.05, 0.1) is 18.1 Å². The summed E-state index contributed by atoms with van der Waals surface area (Å²) in [7, 11) is 1.97. The van der Waals surface area contributed by atoms with Crippen LogP contribution in [0.5, 0.6) is 0 Å². The fourth-order valence-electron chi connectivity index (χ4n) is 1.41. The Morgan fingerprint density at radius 1 is 1.79 bits per heavy atom. The van der Waals surface area contributed by atoms with Gasteiger partial charge in [-0.15, -0.1) is 6.58 Å². The second kappa shape index (κ2) is 4.93. The van der Waals surface area contributed by atoms with Crippen LogP contribution in [0.15, 0.2) is 24.7 Å². The van der Waals surface area contributed by atoms with Gasteiger partial charge in [0.25, 0.3) is 0 Å². The molecule has 1 aromatic rings. The molecular formula is C10H18N4. The molecule has 14 heavy (non-hydrogen) atoms. The van der Waals surface area contributed by atoms with Crippen molar-refractivity contribution < 1.29 is 0 Å². The fourth-order valence-corrected chi connectivity index (χ4v) is 1.41. The molecule has 0 spiro atoms. The van der Waals surface area contributed by atoms with E-state index >= 15 is 0 Å². The molecule has 0 aliphatic carbocycles. The van der Waals surface area contributed by atoms with Crippen molar-refractivity contribution in [1.29, 1.82) is 0 Å². The first-order valence-electron chi connectivity index (χ1n) is 4.72. The van der Waals surface area contributed by atoms with Gasteiger partial charge in [-0.1, -0.05) is 5.57 Å². The number of rotatable bonds is 5. The zero-order chi connectivity index (χ0) is 10.6. The number of aromatic nitrogens is 2. The smallest absolute Gasteiger partial charge is 0.0946 e. The highest BCUT2D eigenvalue weighted by Gasteiger charge is 2.12. The van der Waals surface area contributed by atoms with Crippen molar-refractivity contribution in [3.05, 3.63) is 30.4 Å². The molecule has 1 heterocycles. The Morgan fingerprint density at radius 2 is 2.50 bits per heavy atom. The summed E-state index contributed by atoms with van der Waals surface area (Å²) < 4.78 is 1.98. The van der Waals surface area contributed by atoms with E-state index in [1.54, 1.807) is 6.33 Å². The Hall–Kier alpha value is -1.13. The summed E-state index contributed by atoms with van der Waals surface area (Å²) in [6, 6.07) is 0.152. The van der Waals surface area contributed by atoms with Gasteiger partial charge in [-0.2, -0.15) is 0 Å². The van der Waals surface area contributed by atoms with Crippen molar-refractivity contribution in [2.75, 3.05) is 0 Å². The Labute approximate surface area is 84.8 Å². The second-order valence-electron chi connectivity index (χ2n) is 3.64. The highest BCUT2D eigenvalue weighted by atomic mass is 15.2. The summed E-state index contributed by atoms with van der Waals surface area (Å²) in [5, 5.41) is 0. The average molecular weight is 194 g/mol. The summed E-state index contributed by atoms with van der Waals surface area (Å²) in [5.41, 5.74) is 5.08. The SMILES string of the molecule is C=C(C)CCC(NN)c1cncn1C. The van der Waals surface area contributed by atoms with Gasteiger partial charge in [-0.3, -0.25) is 11.3 Å². The van der Waals surface area contributed by atoms with Crippen LogP contribution in [0.2, 0.25) is 0 Å². The van der Waals surface area contributed by atoms with Gasteiger partial charge >= 0.3 is 0 Å². The first kappa shape index (κ1) is 10.9. The maximum absolute atomic E-state index is 5.50. The van der Waals surface area contributed by atoms with E-state index < -0.39 is 0 Å². The molecule has 0 aliphatic rings. The minimum Gasteiger partial charge on any atom is -0.336 e. The zero-order valence-corrected chi connectivity index (χ0v) is 8.83. The van der Waals surface area contributed by atoms with Gasteiger partial charge in [-0.05, 0) is 19.8 Å². The Kier molecular flexibility index (Phi) is 3.85. The normalized spacial score (nSPS) is 12.8. The van der Waals surface area contributed by atoms with Crippen molar-refractivity contribution in [2.45, 2.75) is 25.8 Å². The lowest BCUT2D eigenvalue weighted by atomic mass is 10.1. The number of hydrogen-bond donors (Lipinski definition) is 2. The van der Waals surface area contributed by atoms with E-state index in [1.807, 2.05) is 24.7 Å². The van der Waals surface area contributed by atoms with Crippen molar-refractivity contribution in [1.82, 2.24) is 15.0 Å². The molecule has 0 saturated heterocycles. The number of nitrogens with two attached hydrogens (primary N) is 1. The molecule has 1 unspecified atom stereocenters. The Morgan fingerprint density at radius 3 is 2.93 bits per heavy atom. The third kappa shape index (κ3) is 2.68. The van der Waals surface area contributed by atoms with Crippen molar-refractivity contribution in [3.63, 3.8) is 0 Å². The molecule has 0 fully saturated rings. The number of hydrazine groups is 1. The van der Waals surface area contributed by atoms with Crippen LogP contribution < -0.4 is 11.3 Å². The summed E-state index contributed by atoms with van der Waals surface area (Å²) >= 11 is 0. The Bertz CT molecular complexity index is 303. The minimum absolute atomic E-state index is 0.152. The molecule has 1 aromatic heterocycles. The van der Waals surface area contributed by atoms with Gasteiger partial charge in [0.1, 0.15) is 0 Å². The predicted octanol–water partition coefficient (Wildman–Crippen LogP) is 1.28. The number of imidazole rings is 1. The second-order valence-corrected chi connectivity index (χ2v) is 3.64. The maximum Gasteiger partial charge on any atom is 0.0946 e. The highest BCUT2D eigenvalue weighted by Crippen LogP contribution is 2.18. The molecule has 0 saturated carbocycles. The molecule has 3 N–H and O–H groups in total. The number of nitrogens with zero attached hydrogens (tertiary/aromatic N) is 2. The number of hydrogen-bond acceptors (Lipinski definition) is 3. The van der Waals surface area contributed by atoms with Gasteiger partial charge < -0.3 is 4.57 Å². The maximum atomic E-state index is 5.50. The summed E-state index contributed by atoms with van der Waals surface area (Å²) in [4.78, 5) is 4.06. The van der Waals surface area contributed by atoms with E-state index in [1.165, 1.54) is 5.57 Å². The van der Waals surface area contributed by atoms with Crippen LogP contribution in [0.3, 0.4) is 0 Å². The highest BCUT2D eigenvalue weighted by molar-refractivity contribution is 5.05. The van der Waals surface area contributed by atoms with Gasteiger partial charge in [0.15, 0.2) is 0 Å². The average Bonchev–Trinajstić information content (AvgIpc) is 2.53. The lowest BCUT2D eigenvalue weighted by Gasteiger charge is -2.16. The van der Waals surface area contributed by atoms with Crippen LogP contribution in [0.1, 0.15) is 31.5 Å². The quantitative estimate of drug-likeness (QED) is 0.422. The van der Waals surface area contributed by atoms with E-state index in [0.29, 0.717) is 0 Å². The van der Waals surface area contributed by atoms with Crippen LogP contribution in [0.4, 0.5) is 0 Å². The molecule has 4 nitrogen and oxygen atoms in total. The largest absolute Gasteiger partial charge is 0.336 e. The van der Waals surface area contributed by atoms with E-state index in [0.717, 1.165) is 18.5 Å². The molecule has 0 aliphatic heterocycles. The molecule has 0 amide bonds. The van der Waals surface area contributed by atoms with Gasteiger partial charge in [0.2, 0.25) is 0 Å². The summed E-state index contributed by atoms with van der Waals surface area (Å²) in [6.45, 7) is 5.90. The minimum atomic E-state index is 0.152. The third-order valence-corrected chi connectivity index (χ3v) is 2.27. The number of aryl methyl sites for hydroxylation is 1. The molecule has 4 heteroatoms. The third-order valence-electron chi connectivity index (χ3n) is 2.27. The molecular weight excluding hydrogens is 176 g/mol. The molecule has 0 radical (unpaired) electrons. The summed E-state index contributed by atoms with van der Waals surface area (Å²) in [5.74, 6) is 5.50. The number of allylic oxidation sites excluding steroid dienone is 1. The van der Waals surface area contributed by atoms with Crippen molar-refractivity contribution in [2.24, 2.45) is 12.9 Å². The molecule has 78 valence electrons. The molecule has 0 aromatic carbocycles. The first-order valence-corrected chi connectivity index (χ1v) is 4.72. The van der Waals surface area contributed by atoms with Crippen molar-refractivity contribution in [3.8, 4) is 0 Å². The lowest BCUT2D eigenvalue weighted by molar-refractivity contribution is 0.490. The molecule has 0 bridgehead atoms. The van der Waals surface area contributed by atoms with E-state index in [9.17, 15) is 0 Å². The monoisotopic (exact) mass is 194 g/mol. The molecule has 1 rings (SSSR count). The first-order chi connectivity index (χ1) is 6.65. The van der Waals surface area contributed by atoms with E-state index in [4.69, 9.17) is 5.84 Å². The number of nitrogens with one attached hydrogen (secondary N) is 1. The van der Waals surface area contributed by atoms with Crippen LogP contribution in [-0.2, 0) is 7.05 Å². The van der Waals surface area contributed by atoms with Crippen LogP contribution in [0, 0.1) is 0 Å². The van der Waals surface area contributed by atoms with E-state index in [-0.39, 0.29) is 6.04 Å². The molecule has 1 atom stereocenters. The Balaban J connectivity index is 2.63. The standard InChI is InChI=1S/C10H18N4/c1-8(2)4-5-9(13-11)10-6-12-7-14(10)3/h6-7,9,13H,1,4-5,11H2,2-3H3. The fraction of sp³-hybridized carbons (Fsp3) is 0.500. The predicted molar refractivity (Wildman–Crippen MR) is 57.3 cm³/mol. The van der Waals surface area contributed by atoms with Crippen LogP contribution in [-0.4, -0.2) is 9.55 Å². The van der Waals surface area contributed by atoms with Crippen LogP contribution >= 0.6 is 0 Å².